The van der Waals surface area contributed by atoms with E-state index in [9.17, 15) is 14.6 Å². The summed E-state index contributed by atoms with van der Waals surface area (Å²) >= 11 is 0. The summed E-state index contributed by atoms with van der Waals surface area (Å²) in [5.41, 5.74) is 0.817. The number of imidazole rings is 1. The van der Waals surface area contributed by atoms with E-state index < -0.39 is 11.4 Å². The van der Waals surface area contributed by atoms with Gasteiger partial charge in [-0.1, -0.05) is 0 Å². The van der Waals surface area contributed by atoms with Crippen LogP contribution in [0.1, 0.15) is 25.8 Å². The highest BCUT2D eigenvalue weighted by Gasteiger charge is 2.15. The Morgan fingerprint density at radius 2 is 2.00 bits per heavy atom. The van der Waals surface area contributed by atoms with Gasteiger partial charge in [0.05, 0.1) is 11.9 Å². The van der Waals surface area contributed by atoms with Crippen molar-refractivity contribution in [3.8, 4) is 5.75 Å². The molecule has 0 bridgehead atoms. The first-order valence-electron chi connectivity index (χ1n) is 8.59. The lowest BCUT2D eigenvalue weighted by Gasteiger charge is -2.17. The zero-order chi connectivity index (χ0) is 19.6. The van der Waals surface area contributed by atoms with Crippen molar-refractivity contribution >= 4 is 22.9 Å². The fourth-order valence-corrected chi connectivity index (χ4v) is 2.56. The average Bonchev–Trinajstić information content (AvgIpc) is 2.96. The van der Waals surface area contributed by atoms with E-state index in [4.69, 9.17) is 0 Å². The summed E-state index contributed by atoms with van der Waals surface area (Å²) in [6.07, 6.45) is 2.16. The molecule has 0 aliphatic carbocycles. The number of benzene rings is 1. The minimum absolute atomic E-state index is 0.00116. The molecule has 2 aromatic heterocycles. The molecule has 144 valence electrons. The molecule has 0 saturated carbocycles. The number of halogens is 1. The Hall–Kier alpha value is -2.94. The van der Waals surface area contributed by atoms with Crippen LogP contribution in [0.15, 0.2) is 24.5 Å². The molecule has 0 unspecified atom stereocenters. The van der Waals surface area contributed by atoms with Crippen LogP contribution in [0.4, 0.5) is 16.2 Å². The smallest absolute Gasteiger partial charge is 0.226 e. The minimum atomic E-state index is -0.792. The largest absolute Gasteiger partial charge is 0.508 e. The number of aromatic nitrogens is 4. The van der Waals surface area contributed by atoms with Gasteiger partial charge in [0, 0.05) is 25.7 Å². The molecule has 0 fully saturated rings. The molecule has 0 spiro atoms. The van der Waals surface area contributed by atoms with Crippen LogP contribution >= 0.6 is 0 Å². The molecule has 0 amide bonds. The fourth-order valence-electron chi connectivity index (χ4n) is 2.56. The Bertz CT molecular complexity index is 951. The third kappa shape index (κ3) is 4.62. The van der Waals surface area contributed by atoms with E-state index in [-0.39, 0.29) is 12.3 Å². The lowest BCUT2D eigenvalue weighted by Crippen LogP contribution is -2.23. The molecule has 27 heavy (non-hydrogen) atoms. The monoisotopic (exact) mass is 374 g/mol. The highest BCUT2D eigenvalue weighted by molar-refractivity contribution is 5.84. The van der Waals surface area contributed by atoms with Gasteiger partial charge in [-0.2, -0.15) is 9.97 Å². The van der Waals surface area contributed by atoms with Crippen LogP contribution in [0.5, 0.6) is 5.75 Å². The second-order valence-electron chi connectivity index (χ2n) is 7.04. The normalized spacial score (nSPS) is 11.7. The second kappa shape index (κ2) is 7.36. The third-order valence-electron chi connectivity index (χ3n) is 4.07. The molecule has 0 aliphatic rings. The van der Waals surface area contributed by atoms with Gasteiger partial charge in [0.15, 0.2) is 17.0 Å². The van der Waals surface area contributed by atoms with Gasteiger partial charge in [-0.05, 0) is 38.5 Å². The van der Waals surface area contributed by atoms with Crippen LogP contribution in [0.3, 0.4) is 0 Å². The number of nitrogens with zero attached hydrogens (tertiary/aromatic N) is 4. The molecule has 3 rings (SSSR count). The molecule has 0 aliphatic heterocycles. The molecule has 2 heterocycles. The van der Waals surface area contributed by atoms with Gasteiger partial charge in [-0.3, -0.25) is 0 Å². The van der Waals surface area contributed by atoms with Gasteiger partial charge in [0.1, 0.15) is 11.6 Å². The van der Waals surface area contributed by atoms with Crippen molar-refractivity contribution in [3.63, 3.8) is 0 Å². The summed E-state index contributed by atoms with van der Waals surface area (Å²) in [7, 11) is 1.82. The number of hydrogen-bond donors (Lipinski definition) is 4. The van der Waals surface area contributed by atoms with Crippen molar-refractivity contribution in [2.24, 2.45) is 7.05 Å². The number of aryl methyl sites for hydroxylation is 1. The second-order valence-corrected chi connectivity index (χ2v) is 7.04. The van der Waals surface area contributed by atoms with E-state index >= 15 is 0 Å². The van der Waals surface area contributed by atoms with Crippen molar-refractivity contribution in [1.29, 1.82) is 0 Å². The lowest BCUT2D eigenvalue weighted by atomic mass is 10.1. The topological polar surface area (TPSA) is 108 Å². The van der Waals surface area contributed by atoms with Gasteiger partial charge >= 0.3 is 0 Å². The number of phenolic OH excluding ortho intramolecular Hbond substituents is 1. The predicted molar refractivity (Wildman–Crippen MR) is 101 cm³/mol. The molecule has 8 nitrogen and oxygen atoms in total. The molecule has 3 aromatic rings. The van der Waals surface area contributed by atoms with E-state index in [1.54, 1.807) is 24.7 Å². The van der Waals surface area contributed by atoms with Gasteiger partial charge in [-0.25, -0.2) is 9.37 Å². The fraction of sp³-hybridized carbons (Fsp3) is 0.389. The van der Waals surface area contributed by atoms with Crippen LogP contribution in [0, 0.1) is 5.82 Å². The van der Waals surface area contributed by atoms with Gasteiger partial charge < -0.3 is 25.4 Å². The molecule has 9 heteroatoms. The van der Waals surface area contributed by atoms with Gasteiger partial charge in [-0.15, -0.1) is 0 Å². The Kier molecular flexibility index (Phi) is 5.13. The summed E-state index contributed by atoms with van der Waals surface area (Å²) < 4.78 is 15.2. The zero-order valence-electron chi connectivity index (χ0n) is 15.5. The average molecular weight is 374 g/mol. The predicted octanol–water partition coefficient (Wildman–Crippen LogP) is 2.39. The Morgan fingerprint density at radius 3 is 2.74 bits per heavy atom. The molecule has 0 radical (unpaired) electrons. The quantitative estimate of drug-likeness (QED) is 0.503. The van der Waals surface area contributed by atoms with E-state index in [0.29, 0.717) is 41.5 Å². The standard InChI is InChI=1S/C18H23FN6O2/c1-18(2,27)6-7-20-17-23-15(14-16(24-17)25(3)10-22-14)21-9-11-8-12(19)4-5-13(11)26/h4-5,8,10,26-27H,6-7,9H2,1-3H3,(H2,20,21,23,24). The van der Waals surface area contributed by atoms with Crippen molar-refractivity contribution < 1.29 is 14.6 Å². The number of anilines is 2. The van der Waals surface area contributed by atoms with E-state index in [1.165, 1.54) is 18.2 Å². The van der Waals surface area contributed by atoms with E-state index in [2.05, 4.69) is 25.6 Å². The van der Waals surface area contributed by atoms with Crippen molar-refractivity contribution in [3.05, 3.63) is 35.9 Å². The van der Waals surface area contributed by atoms with Crippen LogP contribution in [0.25, 0.3) is 11.2 Å². The van der Waals surface area contributed by atoms with Gasteiger partial charge in [0.25, 0.3) is 0 Å². The van der Waals surface area contributed by atoms with Crippen LogP contribution in [-0.2, 0) is 13.6 Å². The number of hydrogen-bond acceptors (Lipinski definition) is 7. The zero-order valence-corrected chi connectivity index (χ0v) is 15.5. The highest BCUT2D eigenvalue weighted by atomic mass is 19.1. The molecule has 0 atom stereocenters. The summed E-state index contributed by atoms with van der Waals surface area (Å²) in [4.78, 5) is 13.2. The maximum Gasteiger partial charge on any atom is 0.226 e. The molecule has 1 aromatic carbocycles. The van der Waals surface area contributed by atoms with Crippen molar-refractivity contribution in [2.45, 2.75) is 32.4 Å². The highest BCUT2D eigenvalue weighted by Crippen LogP contribution is 2.23. The Morgan fingerprint density at radius 1 is 1.22 bits per heavy atom. The first-order chi connectivity index (χ1) is 12.7. The van der Waals surface area contributed by atoms with E-state index in [1.807, 2.05) is 7.05 Å². The minimum Gasteiger partial charge on any atom is -0.508 e. The van der Waals surface area contributed by atoms with Crippen LogP contribution in [0.2, 0.25) is 0 Å². The maximum atomic E-state index is 13.4. The number of phenols is 1. The Balaban J connectivity index is 1.83. The number of aliphatic hydroxyl groups is 1. The SMILES string of the molecule is Cn1cnc2c(NCc3cc(F)ccc3O)nc(NCCC(C)(C)O)nc21. The third-order valence-corrected chi connectivity index (χ3v) is 4.07. The summed E-state index contributed by atoms with van der Waals surface area (Å²) in [5, 5.41) is 25.9. The maximum absolute atomic E-state index is 13.4. The number of aromatic hydroxyl groups is 1. The van der Waals surface area contributed by atoms with Crippen LogP contribution in [-0.4, -0.2) is 41.9 Å². The Labute approximate surface area is 156 Å². The summed E-state index contributed by atoms with van der Waals surface area (Å²) in [5.74, 6) is 0.430. The van der Waals surface area contributed by atoms with Crippen molar-refractivity contribution in [2.75, 3.05) is 17.2 Å². The van der Waals surface area contributed by atoms with Crippen LogP contribution < -0.4 is 10.6 Å². The summed E-state index contributed by atoms with van der Waals surface area (Å²) in [6.45, 7) is 4.14. The molecular formula is C18H23FN6O2. The number of fused-ring (bicyclic) bond motifs is 1. The molecule has 4 N–H and O–H groups in total. The lowest BCUT2D eigenvalue weighted by molar-refractivity contribution is 0.0748. The number of nitrogens with one attached hydrogen (secondary N) is 2. The van der Waals surface area contributed by atoms with Gasteiger partial charge in [0.2, 0.25) is 5.95 Å². The number of rotatable bonds is 7. The molecule has 0 saturated heterocycles. The summed E-state index contributed by atoms with van der Waals surface area (Å²) in [6, 6.07) is 3.78. The first kappa shape index (κ1) is 18.8. The van der Waals surface area contributed by atoms with E-state index in [0.717, 1.165) is 0 Å². The first-order valence-corrected chi connectivity index (χ1v) is 8.59. The molecular weight excluding hydrogens is 351 g/mol. The van der Waals surface area contributed by atoms with Crippen molar-refractivity contribution in [1.82, 2.24) is 19.5 Å².